The molecule has 0 saturated heterocycles. The molecule has 1 unspecified atom stereocenters. The minimum absolute atomic E-state index is 0.0434. The summed E-state index contributed by atoms with van der Waals surface area (Å²) >= 11 is 2.96. The summed E-state index contributed by atoms with van der Waals surface area (Å²) < 4.78 is 0.819. The van der Waals surface area contributed by atoms with Crippen molar-refractivity contribution in [2.45, 2.75) is 74.9 Å². The first kappa shape index (κ1) is 19.2. The Bertz CT molecular complexity index is 577. The lowest BCUT2D eigenvalue weighted by Crippen LogP contribution is -2.31. The van der Waals surface area contributed by atoms with E-state index < -0.39 is 0 Å². The Labute approximate surface area is 153 Å². The minimum Gasteiger partial charge on any atom is -0.355 e. The van der Waals surface area contributed by atoms with Crippen LogP contribution in [-0.2, 0) is 4.79 Å². The van der Waals surface area contributed by atoms with E-state index in [9.17, 15) is 4.79 Å². The van der Waals surface area contributed by atoms with Crippen LogP contribution in [0, 0.1) is 0 Å². The Hall–Kier alpha value is -1.08. The van der Waals surface area contributed by atoms with Crippen LogP contribution >= 0.6 is 23.1 Å². The highest BCUT2D eigenvalue weighted by Gasteiger charge is 2.18. The van der Waals surface area contributed by atoms with Crippen LogP contribution in [-0.4, -0.2) is 33.4 Å². The Balaban J connectivity index is 1.74. The van der Waals surface area contributed by atoms with E-state index in [4.69, 9.17) is 0 Å². The molecule has 0 aliphatic heterocycles. The van der Waals surface area contributed by atoms with Crippen molar-refractivity contribution in [3.05, 3.63) is 11.6 Å². The van der Waals surface area contributed by atoms with Gasteiger partial charge in [0.25, 0.3) is 0 Å². The summed E-state index contributed by atoms with van der Waals surface area (Å²) in [5.41, 5.74) is 1.45. The number of hydrogen-bond acceptors (Lipinski definition) is 6. The van der Waals surface area contributed by atoms with Gasteiger partial charge < -0.3 is 10.6 Å². The highest BCUT2D eigenvalue weighted by Crippen LogP contribution is 2.30. The van der Waals surface area contributed by atoms with E-state index in [0.717, 1.165) is 22.4 Å². The maximum Gasteiger partial charge on any atom is 0.233 e. The Morgan fingerprint density at radius 2 is 2.17 bits per heavy atom. The lowest BCUT2D eigenvalue weighted by Gasteiger charge is -2.18. The first-order valence-corrected chi connectivity index (χ1v) is 10.3. The van der Waals surface area contributed by atoms with Gasteiger partial charge in [-0.15, -0.1) is 10.2 Å². The van der Waals surface area contributed by atoms with Crippen molar-refractivity contribution in [2.75, 3.05) is 11.9 Å². The smallest absolute Gasteiger partial charge is 0.233 e. The summed E-state index contributed by atoms with van der Waals surface area (Å²) in [6.07, 6.45) is 8.28. The standard InChI is InChI=1S/C17H28N4OS2/c1-12(14(22)18-11-10-13-8-6-5-7-9-13)23-16-21-20-15(24-16)19-17(2,3)4/h8,12H,5-7,9-11H2,1-4H3,(H,18,22)(H,19,20). The molecular formula is C17H28N4OS2. The number of rotatable bonds is 7. The maximum atomic E-state index is 12.2. The highest BCUT2D eigenvalue weighted by atomic mass is 32.2. The topological polar surface area (TPSA) is 66.9 Å². The number of hydrogen-bond donors (Lipinski definition) is 2. The molecule has 1 aromatic heterocycles. The van der Waals surface area contributed by atoms with E-state index in [1.165, 1.54) is 54.4 Å². The van der Waals surface area contributed by atoms with Crippen LogP contribution in [0.15, 0.2) is 16.0 Å². The molecular weight excluding hydrogens is 340 g/mol. The minimum atomic E-state index is -0.166. The predicted molar refractivity (Wildman–Crippen MR) is 103 cm³/mol. The largest absolute Gasteiger partial charge is 0.355 e. The van der Waals surface area contributed by atoms with Crippen molar-refractivity contribution >= 4 is 34.1 Å². The molecule has 2 rings (SSSR count). The SMILES string of the molecule is CC(Sc1nnc(NC(C)(C)C)s1)C(=O)NCCC1=CCCCC1. The van der Waals surface area contributed by atoms with Gasteiger partial charge >= 0.3 is 0 Å². The zero-order valence-corrected chi connectivity index (χ0v) is 16.6. The number of nitrogens with zero attached hydrogens (tertiary/aromatic N) is 2. The summed E-state index contributed by atoms with van der Waals surface area (Å²) in [5.74, 6) is 0.0666. The quantitative estimate of drug-likeness (QED) is 0.557. The third-order valence-corrected chi connectivity index (χ3v) is 5.69. The number of nitrogens with one attached hydrogen (secondary N) is 2. The number of thioether (sulfide) groups is 1. The molecule has 0 radical (unpaired) electrons. The molecule has 0 saturated carbocycles. The third kappa shape index (κ3) is 6.81. The second-order valence-corrected chi connectivity index (χ2v) is 9.72. The predicted octanol–water partition coefficient (Wildman–Crippen LogP) is 4.24. The van der Waals surface area contributed by atoms with Crippen LogP contribution in [0.5, 0.6) is 0 Å². The van der Waals surface area contributed by atoms with E-state index in [1.807, 2.05) is 6.92 Å². The molecule has 1 heterocycles. The zero-order chi connectivity index (χ0) is 17.6. The van der Waals surface area contributed by atoms with Gasteiger partial charge in [0.15, 0.2) is 4.34 Å². The molecule has 7 heteroatoms. The molecule has 0 spiro atoms. The summed E-state index contributed by atoms with van der Waals surface area (Å²) in [6, 6.07) is 0. The second-order valence-electron chi connectivity index (χ2n) is 7.16. The molecule has 5 nitrogen and oxygen atoms in total. The molecule has 1 amide bonds. The van der Waals surface area contributed by atoms with Gasteiger partial charge in [0.05, 0.1) is 5.25 Å². The van der Waals surface area contributed by atoms with E-state index in [2.05, 4.69) is 47.7 Å². The van der Waals surface area contributed by atoms with Gasteiger partial charge in [-0.2, -0.15) is 0 Å². The number of anilines is 1. The lowest BCUT2D eigenvalue weighted by molar-refractivity contribution is -0.120. The van der Waals surface area contributed by atoms with Gasteiger partial charge in [0.2, 0.25) is 11.0 Å². The number of allylic oxidation sites excluding steroid dienone is 1. The van der Waals surface area contributed by atoms with Crippen LogP contribution in [0.1, 0.15) is 59.8 Å². The van der Waals surface area contributed by atoms with Crippen molar-refractivity contribution in [3.63, 3.8) is 0 Å². The van der Waals surface area contributed by atoms with Gasteiger partial charge in [-0.3, -0.25) is 4.79 Å². The van der Waals surface area contributed by atoms with E-state index >= 15 is 0 Å². The summed E-state index contributed by atoms with van der Waals surface area (Å²) in [6.45, 7) is 8.89. The highest BCUT2D eigenvalue weighted by molar-refractivity contribution is 8.02. The van der Waals surface area contributed by atoms with Crippen molar-refractivity contribution in [2.24, 2.45) is 0 Å². The second kappa shape index (κ2) is 8.85. The van der Waals surface area contributed by atoms with Crippen LogP contribution in [0.25, 0.3) is 0 Å². The summed E-state index contributed by atoms with van der Waals surface area (Å²) in [7, 11) is 0. The van der Waals surface area contributed by atoms with Gasteiger partial charge in [-0.1, -0.05) is 34.7 Å². The van der Waals surface area contributed by atoms with Crippen molar-refractivity contribution in [3.8, 4) is 0 Å². The lowest BCUT2D eigenvalue weighted by atomic mass is 9.97. The summed E-state index contributed by atoms with van der Waals surface area (Å²) in [4.78, 5) is 12.2. The van der Waals surface area contributed by atoms with Crippen molar-refractivity contribution in [1.29, 1.82) is 0 Å². The fourth-order valence-electron chi connectivity index (χ4n) is 2.46. The first-order chi connectivity index (χ1) is 11.3. The van der Waals surface area contributed by atoms with Gasteiger partial charge in [0, 0.05) is 12.1 Å². The van der Waals surface area contributed by atoms with Crippen LogP contribution < -0.4 is 10.6 Å². The molecule has 1 aromatic rings. The molecule has 1 atom stereocenters. The zero-order valence-electron chi connectivity index (χ0n) is 15.0. The van der Waals surface area contributed by atoms with Crippen LogP contribution in [0.2, 0.25) is 0 Å². The molecule has 0 fully saturated rings. The van der Waals surface area contributed by atoms with E-state index in [1.54, 1.807) is 0 Å². The van der Waals surface area contributed by atoms with Gasteiger partial charge in [-0.05, 0) is 59.8 Å². The first-order valence-electron chi connectivity index (χ1n) is 8.57. The summed E-state index contributed by atoms with van der Waals surface area (Å²) in [5, 5.41) is 15.3. The molecule has 1 aliphatic rings. The maximum absolute atomic E-state index is 12.2. The molecule has 24 heavy (non-hydrogen) atoms. The van der Waals surface area contributed by atoms with Crippen LogP contribution in [0.3, 0.4) is 0 Å². The van der Waals surface area contributed by atoms with Crippen LogP contribution in [0.4, 0.5) is 5.13 Å². The third-order valence-electron chi connectivity index (χ3n) is 3.67. The number of amides is 1. The van der Waals surface area contributed by atoms with Crippen molar-refractivity contribution < 1.29 is 4.79 Å². The normalized spacial score (nSPS) is 16.4. The molecule has 134 valence electrons. The average Bonchev–Trinajstić information content (AvgIpc) is 2.93. The fraction of sp³-hybridized carbons (Fsp3) is 0.706. The monoisotopic (exact) mass is 368 g/mol. The number of carbonyl (C=O) groups excluding carboxylic acids is 1. The Morgan fingerprint density at radius 3 is 2.83 bits per heavy atom. The van der Waals surface area contributed by atoms with E-state index in [-0.39, 0.29) is 16.7 Å². The van der Waals surface area contributed by atoms with Crippen molar-refractivity contribution in [1.82, 2.24) is 15.5 Å². The Kier molecular flexibility index (Phi) is 7.10. The Morgan fingerprint density at radius 1 is 1.38 bits per heavy atom. The average molecular weight is 369 g/mol. The molecule has 1 aliphatic carbocycles. The number of carbonyl (C=O) groups is 1. The molecule has 0 bridgehead atoms. The number of aromatic nitrogens is 2. The molecule has 2 N–H and O–H groups in total. The molecule has 0 aromatic carbocycles. The van der Waals surface area contributed by atoms with Gasteiger partial charge in [-0.25, -0.2) is 0 Å². The van der Waals surface area contributed by atoms with E-state index in [0.29, 0.717) is 0 Å². The fourth-order valence-corrected chi connectivity index (χ4v) is 4.58. The van der Waals surface area contributed by atoms with Gasteiger partial charge in [0.1, 0.15) is 0 Å².